The van der Waals surface area contributed by atoms with Crippen molar-refractivity contribution < 1.29 is 9.59 Å². The van der Waals surface area contributed by atoms with Gasteiger partial charge >= 0.3 is 0 Å². The second kappa shape index (κ2) is 7.76. The van der Waals surface area contributed by atoms with Crippen LogP contribution in [-0.2, 0) is 0 Å². The minimum atomic E-state index is -0.680. The van der Waals surface area contributed by atoms with E-state index >= 15 is 0 Å². The minimum Gasteiger partial charge on any atom is -0.267 e. The van der Waals surface area contributed by atoms with Gasteiger partial charge < -0.3 is 0 Å². The smallest absolute Gasteiger partial charge is 0.267 e. The van der Waals surface area contributed by atoms with E-state index in [1.54, 1.807) is 41.0 Å². The van der Waals surface area contributed by atoms with E-state index in [1.165, 1.54) is 6.20 Å². The molecule has 0 saturated carbocycles. The number of carbonyl (C=O) groups excluding carboxylic acids is 2. The highest BCUT2D eigenvalue weighted by atomic mass is 16.2. The highest BCUT2D eigenvalue weighted by Gasteiger charge is 2.19. The number of nitrogens with zero attached hydrogens (tertiary/aromatic N) is 4. The van der Waals surface area contributed by atoms with E-state index in [0.29, 0.717) is 16.4 Å². The summed E-state index contributed by atoms with van der Waals surface area (Å²) in [6.45, 7) is 0. The van der Waals surface area contributed by atoms with E-state index in [2.05, 4.69) is 31.1 Å². The number of hydrogen-bond donors (Lipinski definition) is 3. The number of rotatable bonds is 3. The SMILES string of the molecule is O=C(NNC(=O)c1cnn2c(-c3ccccc3)ccnc12)c1n[nH]c(=O)c2ccccc12. The zero-order valence-electron chi connectivity index (χ0n) is 16.4. The van der Waals surface area contributed by atoms with Gasteiger partial charge in [0.05, 0.1) is 17.3 Å². The van der Waals surface area contributed by atoms with Gasteiger partial charge in [0.1, 0.15) is 5.56 Å². The number of fused-ring (bicyclic) bond motifs is 2. The Balaban J connectivity index is 1.40. The van der Waals surface area contributed by atoms with Gasteiger partial charge in [-0.15, -0.1) is 0 Å². The Bertz CT molecular complexity index is 1540. The molecule has 156 valence electrons. The van der Waals surface area contributed by atoms with Crippen molar-refractivity contribution in [1.82, 2.24) is 35.6 Å². The van der Waals surface area contributed by atoms with Crippen LogP contribution in [0.1, 0.15) is 20.8 Å². The molecule has 10 nitrogen and oxygen atoms in total. The van der Waals surface area contributed by atoms with Crippen molar-refractivity contribution in [2.45, 2.75) is 0 Å². The lowest BCUT2D eigenvalue weighted by Gasteiger charge is -2.08. The van der Waals surface area contributed by atoms with E-state index in [0.717, 1.165) is 11.3 Å². The second-order valence-corrected chi connectivity index (χ2v) is 6.84. The highest BCUT2D eigenvalue weighted by Crippen LogP contribution is 2.20. The first-order valence-corrected chi connectivity index (χ1v) is 9.60. The molecular weight excluding hydrogens is 410 g/mol. The zero-order chi connectivity index (χ0) is 22.1. The summed E-state index contributed by atoms with van der Waals surface area (Å²) in [4.78, 5) is 41.5. The molecule has 0 unspecified atom stereocenters. The predicted molar refractivity (Wildman–Crippen MR) is 116 cm³/mol. The molecule has 32 heavy (non-hydrogen) atoms. The van der Waals surface area contributed by atoms with Gasteiger partial charge in [-0.05, 0) is 12.1 Å². The maximum absolute atomic E-state index is 12.7. The molecular formula is C22H15N7O3. The van der Waals surface area contributed by atoms with Crippen molar-refractivity contribution in [3.05, 3.63) is 94.7 Å². The zero-order valence-corrected chi connectivity index (χ0v) is 16.4. The summed E-state index contributed by atoms with van der Waals surface area (Å²) in [6, 6.07) is 17.9. The molecule has 2 aromatic carbocycles. The molecule has 3 aromatic heterocycles. The molecule has 0 bridgehead atoms. The van der Waals surface area contributed by atoms with E-state index in [1.807, 2.05) is 30.3 Å². The molecule has 0 radical (unpaired) electrons. The molecule has 0 spiro atoms. The molecule has 0 atom stereocenters. The summed E-state index contributed by atoms with van der Waals surface area (Å²) in [5.74, 6) is -1.28. The second-order valence-electron chi connectivity index (χ2n) is 6.84. The van der Waals surface area contributed by atoms with Crippen LogP contribution in [0.15, 0.2) is 77.9 Å². The van der Waals surface area contributed by atoms with Crippen molar-refractivity contribution in [3.63, 3.8) is 0 Å². The average molecular weight is 425 g/mol. The Labute approximate surface area is 179 Å². The maximum atomic E-state index is 12.7. The van der Waals surface area contributed by atoms with Crippen molar-refractivity contribution in [2.24, 2.45) is 0 Å². The fourth-order valence-corrected chi connectivity index (χ4v) is 3.41. The predicted octanol–water partition coefficient (Wildman–Crippen LogP) is 1.71. The van der Waals surface area contributed by atoms with Crippen molar-refractivity contribution in [1.29, 1.82) is 0 Å². The fourth-order valence-electron chi connectivity index (χ4n) is 3.41. The Hall–Kier alpha value is -4.86. The van der Waals surface area contributed by atoms with Crippen LogP contribution in [0.2, 0.25) is 0 Å². The third-order valence-electron chi connectivity index (χ3n) is 4.92. The third-order valence-corrected chi connectivity index (χ3v) is 4.92. The van der Waals surface area contributed by atoms with Gasteiger partial charge in [0.25, 0.3) is 17.4 Å². The van der Waals surface area contributed by atoms with Gasteiger partial charge in [-0.1, -0.05) is 48.5 Å². The Morgan fingerprint density at radius 1 is 0.875 bits per heavy atom. The quantitative estimate of drug-likeness (QED) is 0.377. The molecule has 5 rings (SSSR count). The molecule has 0 aliphatic heterocycles. The first-order valence-electron chi connectivity index (χ1n) is 9.60. The molecule has 5 aromatic rings. The Kier molecular flexibility index (Phi) is 4.64. The summed E-state index contributed by atoms with van der Waals surface area (Å²) in [5.41, 5.74) is 6.44. The minimum absolute atomic E-state index is 0.0233. The van der Waals surface area contributed by atoms with Crippen LogP contribution in [-0.4, -0.2) is 36.6 Å². The summed E-state index contributed by atoms with van der Waals surface area (Å²) < 4.78 is 1.56. The molecule has 10 heteroatoms. The Morgan fingerprint density at radius 3 is 2.41 bits per heavy atom. The van der Waals surface area contributed by atoms with Crippen LogP contribution < -0.4 is 16.4 Å². The molecule has 3 heterocycles. The first kappa shape index (κ1) is 19.1. The van der Waals surface area contributed by atoms with Gasteiger partial charge in [0.2, 0.25) is 0 Å². The standard InChI is InChI=1S/C22H15N7O3/c30-20-15-9-5-4-8-14(15)18(25-26-20)22(32)28-27-21(31)16-12-24-29-17(10-11-23-19(16)29)13-6-2-1-3-7-13/h1-12H,(H,26,30)(H,27,31)(H,28,32). The average Bonchev–Trinajstić information content (AvgIpc) is 3.28. The van der Waals surface area contributed by atoms with E-state index in [4.69, 9.17) is 0 Å². The Morgan fingerprint density at radius 2 is 1.59 bits per heavy atom. The molecule has 0 fully saturated rings. The van der Waals surface area contributed by atoms with Crippen molar-refractivity contribution >= 4 is 28.2 Å². The molecule has 2 amide bonds. The van der Waals surface area contributed by atoms with Crippen molar-refractivity contribution in [3.8, 4) is 11.3 Å². The van der Waals surface area contributed by atoms with Gasteiger partial charge in [-0.3, -0.25) is 25.2 Å². The topological polar surface area (TPSA) is 134 Å². The number of nitrogens with one attached hydrogen (secondary N) is 3. The third kappa shape index (κ3) is 3.25. The largest absolute Gasteiger partial charge is 0.290 e. The summed E-state index contributed by atoms with van der Waals surface area (Å²) in [5, 5.41) is 11.1. The number of H-pyrrole nitrogens is 1. The van der Waals surface area contributed by atoms with E-state index in [-0.39, 0.29) is 11.3 Å². The highest BCUT2D eigenvalue weighted by molar-refractivity contribution is 6.06. The molecule has 3 N–H and O–H groups in total. The number of carbonyl (C=O) groups is 2. The molecule has 0 aliphatic carbocycles. The van der Waals surface area contributed by atoms with Gasteiger partial charge in [-0.25, -0.2) is 14.6 Å². The van der Waals surface area contributed by atoms with Crippen LogP contribution in [0.3, 0.4) is 0 Å². The number of hydrazine groups is 1. The fraction of sp³-hybridized carbons (Fsp3) is 0. The van der Waals surface area contributed by atoms with Crippen LogP contribution >= 0.6 is 0 Å². The number of aromatic amines is 1. The van der Waals surface area contributed by atoms with Gasteiger partial charge in [0, 0.05) is 17.1 Å². The van der Waals surface area contributed by atoms with E-state index in [9.17, 15) is 14.4 Å². The van der Waals surface area contributed by atoms with Crippen LogP contribution in [0.25, 0.3) is 27.7 Å². The maximum Gasteiger partial charge on any atom is 0.290 e. The molecule has 0 aliphatic rings. The summed E-state index contributed by atoms with van der Waals surface area (Å²) in [7, 11) is 0. The summed E-state index contributed by atoms with van der Waals surface area (Å²) in [6.07, 6.45) is 2.97. The van der Waals surface area contributed by atoms with Gasteiger partial charge in [0.15, 0.2) is 11.3 Å². The lowest BCUT2D eigenvalue weighted by atomic mass is 10.1. The lowest BCUT2D eigenvalue weighted by molar-refractivity contribution is 0.0845. The molecule has 0 saturated heterocycles. The van der Waals surface area contributed by atoms with Crippen LogP contribution in [0, 0.1) is 0 Å². The van der Waals surface area contributed by atoms with E-state index < -0.39 is 17.4 Å². The number of amides is 2. The number of aromatic nitrogens is 5. The summed E-state index contributed by atoms with van der Waals surface area (Å²) >= 11 is 0. The monoisotopic (exact) mass is 425 g/mol. The van der Waals surface area contributed by atoms with Crippen LogP contribution in [0.5, 0.6) is 0 Å². The first-order chi connectivity index (χ1) is 15.6. The van der Waals surface area contributed by atoms with Crippen LogP contribution in [0.4, 0.5) is 0 Å². The van der Waals surface area contributed by atoms with Gasteiger partial charge in [-0.2, -0.15) is 10.2 Å². The normalized spacial score (nSPS) is 10.9. The lowest BCUT2D eigenvalue weighted by Crippen LogP contribution is -2.42. The van der Waals surface area contributed by atoms with Crippen molar-refractivity contribution in [2.75, 3.05) is 0 Å². The number of benzene rings is 2. The number of hydrogen-bond acceptors (Lipinski definition) is 6.